The van der Waals surface area contributed by atoms with Gasteiger partial charge >= 0.3 is 0 Å². The summed E-state index contributed by atoms with van der Waals surface area (Å²) in [6, 6.07) is 18.6. The molecule has 8 heteroatoms. The number of hydrogen-bond acceptors (Lipinski definition) is 6. The number of amides is 1. The fraction of sp³-hybridized carbons (Fsp3) is 0.154. The molecule has 172 valence electrons. The van der Waals surface area contributed by atoms with Crippen LogP contribution in [-0.2, 0) is 11.4 Å². The number of nitriles is 1. The molecule has 1 N–H and O–H groups in total. The summed E-state index contributed by atoms with van der Waals surface area (Å²) in [6.45, 7) is 3.94. The molecule has 0 aliphatic heterocycles. The van der Waals surface area contributed by atoms with Gasteiger partial charge in [-0.05, 0) is 60.9 Å². The highest BCUT2D eigenvalue weighted by molar-refractivity contribution is 6.10. The van der Waals surface area contributed by atoms with Crippen LogP contribution in [0.3, 0.4) is 0 Å². The quantitative estimate of drug-likeness (QED) is 0.211. The van der Waals surface area contributed by atoms with Gasteiger partial charge < -0.3 is 14.8 Å². The topological polar surface area (TPSA) is 114 Å². The van der Waals surface area contributed by atoms with Crippen molar-refractivity contribution in [2.24, 2.45) is 0 Å². The van der Waals surface area contributed by atoms with Crippen LogP contribution in [0, 0.1) is 35.3 Å². The molecule has 0 saturated carbocycles. The van der Waals surface area contributed by atoms with E-state index in [4.69, 9.17) is 9.47 Å². The molecular weight excluding hydrogens is 434 g/mol. The minimum Gasteiger partial charge on any atom is -0.493 e. The minimum absolute atomic E-state index is 0.0156. The fourth-order valence-corrected chi connectivity index (χ4v) is 3.21. The molecule has 0 saturated heterocycles. The first-order valence-corrected chi connectivity index (χ1v) is 10.4. The monoisotopic (exact) mass is 457 g/mol. The average molecular weight is 457 g/mol. The van der Waals surface area contributed by atoms with Gasteiger partial charge in [-0.25, -0.2) is 0 Å². The molecule has 3 rings (SSSR count). The standard InChI is InChI=1S/C26H23N3O5/c1-17-6-4-8-23(18(17)2)28-26(30)21(15-27)14-20-7-5-9-24(33-3)25(20)34-16-19-10-12-22(13-11-19)29(31)32/h4-14H,16H2,1-3H3,(H,28,30)/b21-14-. The molecule has 0 atom stereocenters. The predicted octanol–water partition coefficient (Wildman–Crippen LogP) is 5.34. The molecule has 0 bridgehead atoms. The van der Waals surface area contributed by atoms with Gasteiger partial charge in [-0.1, -0.05) is 24.3 Å². The first-order valence-electron chi connectivity index (χ1n) is 10.4. The third-order valence-corrected chi connectivity index (χ3v) is 5.28. The Bertz CT molecular complexity index is 1290. The van der Waals surface area contributed by atoms with Crippen LogP contribution in [0.5, 0.6) is 11.5 Å². The van der Waals surface area contributed by atoms with Crippen molar-refractivity contribution in [1.82, 2.24) is 0 Å². The van der Waals surface area contributed by atoms with Crippen molar-refractivity contribution in [2.45, 2.75) is 20.5 Å². The van der Waals surface area contributed by atoms with E-state index in [0.717, 1.165) is 11.1 Å². The van der Waals surface area contributed by atoms with Gasteiger partial charge in [-0.3, -0.25) is 14.9 Å². The number of hydrogen-bond donors (Lipinski definition) is 1. The number of para-hydroxylation sites is 1. The SMILES string of the molecule is COc1cccc(/C=C(/C#N)C(=O)Nc2cccc(C)c2C)c1OCc1ccc([N+](=O)[O-])cc1. The van der Waals surface area contributed by atoms with Crippen LogP contribution in [0.2, 0.25) is 0 Å². The third-order valence-electron chi connectivity index (χ3n) is 5.28. The number of carbonyl (C=O) groups excluding carboxylic acids is 1. The van der Waals surface area contributed by atoms with Gasteiger partial charge in [0.15, 0.2) is 11.5 Å². The van der Waals surface area contributed by atoms with E-state index in [1.807, 2.05) is 32.0 Å². The lowest BCUT2D eigenvalue weighted by atomic mass is 10.1. The Morgan fingerprint density at radius 2 is 1.82 bits per heavy atom. The summed E-state index contributed by atoms with van der Waals surface area (Å²) >= 11 is 0. The summed E-state index contributed by atoms with van der Waals surface area (Å²) in [5.41, 5.74) is 3.64. The van der Waals surface area contributed by atoms with Crippen LogP contribution >= 0.6 is 0 Å². The van der Waals surface area contributed by atoms with E-state index in [9.17, 15) is 20.2 Å². The van der Waals surface area contributed by atoms with Crippen molar-refractivity contribution >= 4 is 23.4 Å². The van der Waals surface area contributed by atoms with E-state index in [1.54, 1.807) is 36.4 Å². The maximum Gasteiger partial charge on any atom is 0.269 e. The van der Waals surface area contributed by atoms with Gasteiger partial charge in [0.05, 0.1) is 12.0 Å². The number of benzene rings is 3. The summed E-state index contributed by atoms with van der Waals surface area (Å²) in [6.07, 6.45) is 1.44. The maximum atomic E-state index is 12.8. The lowest BCUT2D eigenvalue weighted by molar-refractivity contribution is -0.384. The summed E-state index contributed by atoms with van der Waals surface area (Å²) in [7, 11) is 1.49. The number of methoxy groups -OCH3 is 1. The Hall–Kier alpha value is -4.64. The number of ether oxygens (including phenoxy) is 2. The lowest BCUT2D eigenvalue weighted by Gasteiger charge is -2.14. The summed E-state index contributed by atoms with van der Waals surface area (Å²) in [4.78, 5) is 23.2. The third kappa shape index (κ3) is 5.58. The Labute approximate surface area is 197 Å². The Kier molecular flexibility index (Phi) is 7.62. The molecule has 34 heavy (non-hydrogen) atoms. The zero-order chi connectivity index (χ0) is 24.7. The van der Waals surface area contributed by atoms with Crippen LogP contribution < -0.4 is 14.8 Å². The smallest absolute Gasteiger partial charge is 0.269 e. The maximum absolute atomic E-state index is 12.8. The van der Waals surface area contributed by atoms with Crippen molar-refractivity contribution in [3.05, 3.63) is 98.6 Å². The molecule has 0 aromatic heterocycles. The molecule has 1 amide bonds. The molecule has 3 aromatic carbocycles. The number of rotatable bonds is 8. The molecule has 0 aliphatic rings. The van der Waals surface area contributed by atoms with Crippen LogP contribution in [0.1, 0.15) is 22.3 Å². The first-order chi connectivity index (χ1) is 16.3. The highest BCUT2D eigenvalue weighted by Gasteiger charge is 2.15. The zero-order valence-electron chi connectivity index (χ0n) is 19.0. The first kappa shape index (κ1) is 24.0. The highest BCUT2D eigenvalue weighted by Crippen LogP contribution is 2.33. The number of nitrogens with zero attached hydrogens (tertiary/aromatic N) is 2. The number of carbonyl (C=O) groups is 1. The number of nitrogens with one attached hydrogen (secondary N) is 1. The Morgan fingerprint density at radius 1 is 1.12 bits per heavy atom. The van der Waals surface area contributed by atoms with Gasteiger partial charge in [0.2, 0.25) is 0 Å². The summed E-state index contributed by atoms with van der Waals surface area (Å²) < 4.78 is 11.3. The van der Waals surface area contributed by atoms with E-state index in [-0.39, 0.29) is 17.9 Å². The van der Waals surface area contributed by atoms with Gasteiger partial charge in [0, 0.05) is 23.4 Å². The summed E-state index contributed by atoms with van der Waals surface area (Å²) in [5, 5.41) is 23.3. The van der Waals surface area contributed by atoms with Crippen LogP contribution in [0.4, 0.5) is 11.4 Å². The molecule has 0 heterocycles. The van der Waals surface area contributed by atoms with Gasteiger partial charge in [-0.2, -0.15) is 5.26 Å². The van der Waals surface area contributed by atoms with Crippen LogP contribution in [0.25, 0.3) is 6.08 Å². The zero-order valence-corrected chi connectivity index (χ0v) is 19.0. The number of nitro benzene ring substituents is 1. The van der Waals surface area contributed by atoms with Crippen LogP contribution in [-0.4, -0.2) is 17.9 Å². The molecular formula is C26H23N3O5. The van der Waals surface area contributed by atoms with Gasteiger partial charge in [-0.15, -0.1) is 0 Å². The number of anilines is 1. The number of non-ortho nitro benzene ring substituents is 1. The van der Waals surface area contributed by atoms with Crippen LogP contribution in [0.15, 0.2) is 66.2 Å². The summed E-state index contributed by atoms with van der Waals surface area (Å²) in [5.74, 6) is 0.221. The predicted molar refractivity (Wildman–Crippen MR) is 129 cm³/mol. The Balaban J connectivity index is 1.87. The van der Waals surface area contributed by atoms with Crippen molar-refractivity contribution < 1.29 is 19.2 Å². The van der Waals surface area contributed by atoms with Gasteiger partial charge in [0.25, 0.3) is 11.6 Å². The second kappa shape index (κ2) is 10.8. The highest BCUT2D eigenvalue weighted by atomic mass is 16.6. The Morgan fingerprint density at radius 3 is 2.47 bits per heavy atom. The van der Waals surface area contributed by atoms with E-state index < -0.39 is 10.8 Å². The lowest BCUT2D eigenvalue weighted by Crippen LogP contribution is -2.14. The molecule has 3 aromatic rings. The molecule has 0 spiro atoms. The number of nitro groups is 1. The normalized spacial score (nSPS) is 10.8. The van der Waals surface area contributed by atoms with E-state index in [2.05, 4.69) is 5.32 Å². The van der Waals surface area contributed by atoms with Gasteiger partial charge in [0.1, 0.15) is 18.2 Å². The molecule has 0 unspecified atom stereocenters. The minimum atomic E-state index is -0.541. The van der Waals surface area contributed by atoms with E-state index in [0.29, 0.717) is 28.3 Å². The van der Waals surface area contributed by atoms with Crippen molar-refractivity contribution in [2.75, 3.05) is 12.4 Å². The molecule has 8 nitrogen and oxygen atoms in total. The molecule has 0 fully saturated rings. The largest absolute Gasteiger partial charge is 0.493 e. The van der Waals surface area contributed by atoms with Crippen molar-refractivity contribution in [3.63, 3.8) is 0 Å². The fourth-order valence-electron chi connectivity index (χ4n) is 3.21. The van der Waals surface area contributed by atoms with Crippen molar-refractivity contribution in [1.29, 1.82) is 5.26 Å². The second-order valence-corrected chi connectivity index (χ2v) is 7.46. The second-order valence-electron chi connectivity index (χ2n) is 7.46. The number of aryl methyl sites for hydroxylation is 1. The van der Waals surface area contributed by atoms with E-state index >= 15 is 0 Å². The molecule has 0 radical (unpaired) electrons. The van der Waals surface area contributed by atoms with Crippen molar-refractivity contribution in [3.8, 4) is 17.6 Å². The van der Waals surface area contributed by atoms with E-state index in [1.165, 1.54) is 25.3 Å². The molecule has 0 aliphatic carbocycles. The average Bonchev–Trinajstić information content (AvgIpc) is 2.84.